The molecule has 6 heteroatoms. The zero-order valence-electron chi connectivity index (χ0n) is 11.0. The lowest BCUT2D eigenvalue weighted by Gasteiger charge is -2.18. The van der Waals surface area contributed by atoms with Crippen LogP contribution in [0, 0.1) is 0 Å². The first kappa shape index (κ1) is 15.5. The van der Waals surface area contributed by atoms with Crippen molar-refractivity contribution in [3.8, 4) is 0 Å². The van der Waals surface area contributed by atoms with Crippen LogP contribution in [0.2, 0.25) is 0 Å². The highest BCUT2D eigenvalue weighted by atomic mass is 16.3. The van der Waals surface area contributed by atoms with Gasteiger partial charge in [0.2, 0.25) is 0 Å². The van der Waals surface area contributed by atoms with Crippen LogP contribution in [-0.2, 0) is 6.54 Å². The lowest BCUT2D eigenvalue weighted by molar-refractivity contribution is 0.0150. The molecule has 6 nitrogen and oxygen atoms in total. The maximum absolute atomic E-state index is 10.0. The number of rotatable bonds is 8. The molecule has 0 aliphatic carbocycles. The number of hydrogen-bond acceptors (Lipinski definition) is 4. The Labute approximate surface area is 112 Å². The third-order valence-corrected chi connectivity index (χ3v) is 2.82. The van der Waals surface area contributed by atoms with Crippen LogP contribution in [0.5, 0.6) is 0 Å². The molecular formula is C13H20N4O2. The summed E-state index contributed by atoms with van der Waals surface area (Å²) in [6.07, 6.45) is -1.65. The predicted molar refractivity (Wildman–Crippen MR) is 73.4 cm³/mol. The summed E-state index contributed by atoms with van der Waals surface area (Å²) < 4.78 is 0. The van der Waals surface area contributed by atoms with Crippen LogP contribution in [0.3, 0.4) is 0 Å². The number of benzene rings is 1. The maximum atomic E-state index is 10.0. The molecule has 0 amide bonds. The zero-order valence-corrected chi connectivity index (χ0v) is 11.0. The van der Waals surface area contributed by atoms with Crippen molar-refractivity contribution in [2.45, 2.75) is 32.1 Å². The summed E-state index contributed by atoms with van der Waals surface area (Å²) in [6, 6.07) is 7.46. The second-order valence-corrected chi connectivity index (χ2v) is 4.28. The first-order valence-electron chi connectivity index (χ1n) is 6.35. The number of hydrogen-bond donors (Lipinski definition) is 3. The van der Waals surface area contributed by atoms with Gasteiger partial charge in [-0.3, -0.25) is 0 Å². The average Bonchev–Trinajstić information content (AvgIpc) is 2.44. The van der Waals surface area contributed by atoms with E-state index in [-0.39, 0.29) is 13.0 Å². The molecule has 0 saturated heterocycles. The standard InChI is InChI=1S/C13H20N4O2/c1-2-15-9-10-4-3-5-11(8-10)13(19)12(18)6-7-16-17-14/h3-5,8,12-13,15,18-19H,2,6-7,9H2,1H3. The van der Waals surface area contributed by atoms with Crippen LogP contribution in [0.15, 0.2) is 29.4 Å². The summed E-state index contributed by atoms with van der Waals surface area (Å²) in [5, 5.41) is 26.4. The van der Waals surface area contributed by atoms with E-state index in [0.29, 0.717) is 5.56 Å². The molecule has 19 heavy (non-hydrogen) atoms. The van der Waals surface area contributed by atoms with E-state index in [1.165, 1.54) is 0 Å². The molecule has 0 aliphatic rings. The van der Waals surface area contributed by atoms with Crippen molar-refractivity contribution in [3.63, 3.8) is 0 Å². The Hall–Kier alpha value is -1.59. The quantitative estimate of drug-likeness (QED) is 0.379. The third-order valence-electron chi connectivity index (χ3n) is 2.82. The second kappa shape index (κ2) is 8.50. The van der Waals surface area contributed by atoms with Gasteiger partial charge in [-0.1, -0.05) is 36.3 Å². The van der Waals surface area contributed by atoms with E-state index >= 15 is 0 Å². The van der Waals surface area contributed by atoms with Crippen molar-refractivity contribution in [1.82, 2.24) is 5.32 Å². The highest BCUT2D eigenvalue weighted by Crippen LogP contribution is 2.20. The molecule has 0 aromatic heterocycles. The predicted octanol–water partition coefficient (Wildman–Crippen LogP) is 1.89. The fourth-order valence-corrected chi connectivity index (χ4v) is 1.77. The van der Waals surface area contributed by atoms with Crippen LogP contribution in [0.4, 0.5) is 0 Å². The lowest BCUT2D eigenvalue weighted by Crippen LogP contribution is -2.19. The summed E-state index contributed by atoms with van der Waals surface area (Å²) in [4.78, 5) is 2.61. The zero-order chi connectivity index (χ0) is 14.1. The van der Waals surface area contributed by atoms with E-state index in [1.54, 1.807) is 6.07 Å². The maximum Gasteiger partial charge on any atom is 0.105 e. The summed E-state index contributed by atoms with van der Waals surface area (Å²) in [6.45, 7) is 3.80. The van der Waals surface area contributed by atoms with E-state index in [9.17, 15) is 10.2 Å². The van der Waals surface area contributed by atoms with Crippen molar-refractivity contribution in [1.29, 1.82) is 0 Å². The lowest BCUT2D eigenvalue weighted by atomic mass is 10.00. The Bertz CT molecular complexity index is 432. The van der Waals surface area contributed by atoms with Gasteiger partial charge < -0.3 is 15.5 Å². The summed E-state index contributed by atoms with van der Waals surface area (Å²) in [5.41, 5.74) is 9.89. The van der Waals surface area contributed by atoms with Gasteiger partial charge in [-0.2, -0.15) is 0 Å². The molecule has 0 heterocycles. The third kappa shape index (κ3) is 5.28. The molecule has 2 atom stereocenters. The molecule has 3 N–H and O–H groups in total. The molecule has 0 saturated carbocycles. The van der Waals surface area contributed by atoms with Crippen molar-refractivity contribution in [2.75, 3.05) is 13.1 Å². The van der Waals surface area contributed by atoms with Crippen LogP contribution in [0.25, 0.3) is 10.4 Å². The molecule has 104 valence electrons. The van der Waals surface area contributed by atoms with E-state index < -0.39 is 12.2 Å². The molecular weight excluding hydrogens is 244 g/mol. The van der Waals surface area contributed by atoms with E-state index in [2.05, 4.69) is 15.3 Å². The number of azide groups is 1. The largest absolute Gasteiger partial charge is 0.390 e. The molecule has 0 spiro atoms. The minimum atomic E-state index is -0.963. The first-order chi connectivity index (χ1) is 9.19. The fourth-order valence-electron chi connectivity index (χ4n) is 1.77. The average molecular weight is 264 g/mol. The Morgan fingerprint density at radius 1 is 1.42 bits per heavy atom. The highest BCUT2D eigenvalue weighted by molar-refractivity contribution is 5.25. The Balaban J connectivity index is 2.64. The van der Waals surface area contributed by atoms with Gasteiger partial charge >= 0.3 is 0 Å². The molecule has 0 aliphatic heterocycles. The van der Waals surface area contributed by atoms with Crippen molar-refractivity contribution < 1.29 is 10.2 Å². The first-order valence-corrected chi connectivity index (χ1v) is 6.35. The number of nitrogens with zero attached hydrogens (tertiary/aromatic N) is 3. The van der Waals surface area contributed by atoms with Gasteiger partial charge in [-0.05, 0) is 29.6 Å². The van der Waals surface area contributed by atoms with Crippen molar-refractivity contribution in [2.24, 2.45) is 5.11 Å². The van der Waals surface area contributed by atoms with Crippen molar-refractivity contribution >= 4 is 0 Å². The smallest absolute Gasteiger partial charge is 0.105 e. The molecule has 0 fully saturated rings. The van der Waals surface area contributed by atoms with Gasteiger partial charge in [0.25, 0.3) is 0 Å². The van der Waals surface area contributed by atoms with Gasteiger partial charge in [-0.15, -0.1) is 0 Å². The SMILES string of the molecule is CCNCc1cccc(C(O)C(O)CCN=[N+]=[N-])c1. The van der Waals surface area contributed by atoms with Gasteiger partial charge in [0.1, 0.15) is 6.10 Å². The molecule has 2 unspecified atom stereocenters. The normalized spacial score (nSPS) is 13.6. The van der Waals surface area contributed by atoms with Crippen LogP contribution >= 0.6 is 0 Å². The van der Waals surface area contributed by atoms with E-state index in [4.69, 9.17) is 5.53 Å². The molecule has 1 aromatic carbocycles. The topological polar surface area (TPSA) is 101 Å². The number of nitrogens with one attached hydrogen (secondary N) is 1. The van der Waals surface area contributed by atoms with Crippen LogP contribution in [0.1, 0.15) is 30.6 Å². The molecule has 1 rings (SSSR count). The Morgan fingerprint density at radius 3 is 2.89 bits per heavy atom. The van der Waals surface area contributed by atoms with Gasteiger partial charge in [0.15, 0.2) is 0 Å². The summed E-state index contributed by atoms with van der Waals surface area (Å²) in [7, 11) is 0. The second-order valence-electron chi connectivity index (χ2n) is 4.28. The minimum Gasteiger partial charge on any atom is -0.390 e. The van der Waals surface area contributed by atoms with Crippen molar-refractivity contribution in [3.05, 3.63) is 45.8 Å². The number of aliphatic hydroxyl groups excluding tert-OH is 2. The Morgan fingerprint density at radius 2 is 2.21 bits per heavy atom. The summed E-state index contributed by atoms with van der Waals surface area (Å²) in [5.74, 6) is 0. The molecule has 0 bridgehead atoms. The summed E-state index contributed by atoms with van der Waals surface area (Å²) >= 11 is 0. The molecule has 0 radical (unpaired) electrons. The highest BCUT2D eigenvalue weighted by Gasteiger charge is 2.17. The van der Waals surface area contributed by atoms with E-state index in [1.807, 2.05) is 25.1 Å². The van der Waals surface area contributed by atoms with Crippen LogP contribution < -0.4 is 5.32 Å². The van der Waals surface area contributed by atoms with Gasteiger partial charge in [-0.25, -0.2) is 0 Å². The Kier molecular flexibility index (Phi) is 6.92. The minimum absolute atomic E-state index is 0.172. The van der Waals surface area contributed by atoms with E-state index in [0.717, 1.165) is 18.7 Å². The monoisotopic (exact) mass is 264 g/mol. The van der Waals surface area contributed by atoms with Gasteiger partial charge in [0.05, 0.1) is 6.10 Å². The molecule has 1 aromatic rings. The number of aliphatic hydroxyl groups is 2. The fraction of sp³-hybridized carbons (Fsp3) is 0.538. The van der Waals surface area contributed by atoms with Gasteiger partial charge in [0, 0.05) is 18.0 Å². The van der Waals surface area contributed by atoms with Crippen LogP contribution in [-0.4, -0.2) is 29.4 Å².